The highest BCUT2D eigenvalue weighted by Gasteiger charge is 2.19. The van der Waals surface area contributed by atoms with Crippen LogP contribution in [-0.2, 0) is 13.5 Å². The van der Waals surface area contributed by atoms with Gasteiger partial charge in [-0.15, -0.1) is 0 Å². The Bertz CT molecular complexity index is 1310. The molecule has 0 saturated heterocycles. The van der Waals surface area contributed by atoms with Crippen molar-refractivity contribution < 1.29 is 18.0 Å². The van der Waals surface area contributed by atoms with Crippen LogP contribution in [0.25, 0.3) is 22.5 Å². The van der Waals surface area contributed by atoms with E-state index in [4.69, 9.17) is 4.42 Å². The summed E-state index contributed by atoms with van der Waals surface area (Å²) >= 11 is 0. The van der Waals surface area contributed by atoms with Gasteiger partial charge in [-0.1, -0.05) is 13.0 Å². The van der Waals surface area contributed by atoms with Crippen LogP contribution in [0.2, 0.25) is 0 Å². The highest BCUT2D eigenvalue weighted by molar-refractivity contribution is 6.04. The summed E-state index contributed by atoms with van der Waals surface area (Å²) in [6.45, 7) is 1.90. The quantitative estimate of drug-likeness (QED) is 0.554. The number of aromatic nitrogens is 4. The predicted molar refractivity (Wildman–Crippen MR) is 104 cm³/mol. The first-order valence-corrected chi connectivity index (χ1v) is 8.96. The molecular weight excluding hydrogens is 396 g/mol. The van der Waals surface area contributed by atoms with Crippen molar-refractivity contribution in [3.05, 3.63) is 70.1 Å². The van der Waals surface area contributed by atoms with Gasteiger partial charge < -0.3 is 9.73 Å². The zero-order valence-electron chi connectivity index (χ0n) is 15.9. The third-order valence-electron chi connectivity index (χ3n) is 4.61. The van der Waals surface area contributed by atoms with E-state index < -0.39 is 28.9 Å². The van der Waals surface area contributed by atoms with Crippen molar-refractivity contribution in [2.45, 2.75) is 13.3 Å². The normalized spacial score (nSPS) is 11.1. The van der Waals surface area contributed by atoms with Crippen molar-refractivity contribution >= 4 is 23.0 Å². The molecule has 4 rings (SSSR count). The molecule has 0 aliphatic rings. The van der Waals surface area contributed by atoms with Crippen molar-refractivity contribution in [3.8, 4) is 11.3 Å². The molecular formula is C20H15F2N5O3. The molecule has 8 nitrogen and oxygen atoms in total. The van der Waals surface area contributed by atoms with Crippen molar-refractivity contribution in [2.75, 3.05) is 5.32 Å². The maximum atomic E-state index is 13.8. The number of halogens is 2. The number of carbonyl (C=O) groups is 1. The molecule has 0 saturated carbocycles. The highest BCUT2D eigenvalue weighted by Crippen LogP contribution is 2.27. The topological polar surface area (TPSA) is 103 Å². The van der Waals surface area contributed by atoms with Crippen LogP contribution in [0.4, 0.5) is 14.6 Å². The Morgan fingerprint density at radius 3 is 2.50 bits per heavy atom. The standard InChI is InChI=1S/C20H15F2N5O3/c1-3-10-11(7-25-18-17(10)30-20(29)27(18)2)14-8-24-15(9-23-14)26-19(28)16-12(21)5-4-6-13(16)22/h4-9H,3H2,1-2H3,(H,24,26,28). The van der Waals surface area contributed by atoms with Crippen LogP contribution in [0.1, 0.15) is 22.8 Å². The molecule has 4 aromatic rings. The van der Waals surface area contributed by atoms with Gasteiger partial charge in [0.1, 0.15) is 17.2 Å². The molecule has 0 atom stereocenters. The second kappa shape index (κ2) is 7.47. The Morgan fingerprint density at radius 2 is 1.87 bits per heavy atom. The lowest BCUT2D eigenvalue weighted by molar-refractivity contribution is 0.101. The number of carbonyl (C=O) groups excluding carboxylic acids is 1. The fourth-order valence-electron chi connectivity index (χ4n) is 3.10. The number of nitrogens with one attached hydrogen (secondary N) is 1. The van der Waals surface area contributed by atoms with Crippen LogP contribution < -0.4 is 11.1 Å². The molecule has 1 amide bonds. The molecule has 0 fully saturated rings. The molecule has 0 aliphatic heterocycles. The van der Waals surface area contributed by atoms with Gasteiger partial charge in [0, 0.05) is 24.4 Å². The molecule has 0 bridgehead atoms. The molecule has 1 aromatic carbocycles. The van der Waals surface area contributed by atoms with Gasteiger partial charge in [0.25, 0.3) is 5.91 Å². The summed E-state index contributed by atoms with van der Waals surface area (Å²) in [5.41, 5.74) is 1.87. The second-order valence-corrected chi connectivity index (χ2v) is 6.42. The number of fused-ring (bicyclic) bond motifs is 1. The molecule has 1 N–H and O–H groups in total. The Morgan fingerprint density at radius 1 is 1.13 bits per heavy atom. The first-order chi connectivity index (χ1) is 14.4. The van der Waals surface area contributed by atoms with Crippen LogP contribution in [0.15, 0.2) is 46.0 Å². The number of oxazole rings is 1. The lowest BCUT2D eigenvalue weighted by Gasteiger charge is -2.09. The number of pyridine rings is 1. The van der Waals surface area contributed by atoms with E-state index >= 15 is 0 Å². The number of hydrogen-bond acceptors (Lipinski definition) is 6. The summed E-state index contributed by atoms with van der Waals surface area (Å²) in [6.07, 6.45) is 4.76. The lowest BCUT2D eigenvalue weighted by Crippen LogP contribution is -2.16. The van der Waals surface area contributed by atoms with Gasteiger partial charge in [0.15, 0.2) is 17.0 Å². The Hall–Kier alpha value is -3.95. The number of amides is 1. The number of hydrogen-bond donors (Lipinski definition) is 1. The maximum absolute atomic E-state index is 13.8. The van der Waals surface area contributed by atoms with Crippen LogP contribution >= 0.6 is 0 Å². The largest absolute Gasteiger partial charge is 0.420 e. The Labute approximate surface area is 168 Å². The highest BCUT2D eigenvalue weighted by atomic mass is 19.1. The SMILES string of the molecule is CCc1c(-c2cnc(NC(=O)c3c(F)cccc3F)cn2)cnc2c1oc(=O)n2C. The number of anilines is 1. The average Bonchev–Trinajstić information content (AvgIpc) is 3.02. The Kier molecular flexibility index (Phi) is 4.82. The van der Waals surface area contributed by atoms with E-state index in [1.54, 1.807) is 13.2 Å². The molecule has 152 valence electrons. The van der Waals surface area contributed by atoms with Gasteiger partial charge in [0.05, 0.1) is 18.1 Å². The minimum atomic E-state index is -0.978. The molecule has 30 heavy (non-hydrogen) atoms. The third kappa shape index (κ3) is 3.21. The van der Waals surface area contributed by atoms with Crippen LogP contribution in [0.3, 0.4) is 0 Å². The number of rotatable bonds is 4. The van der Waals surface area contributed by atoms with E-state index in [0.29, 0.717) is 28.9 Å². The fraction of sp³-hybridized carbons (Fsp3) is 0.150. The molecule has 3 aromatic heterocycles. The smallest absolute Gasteiger partial charge is 0.406 e. The summed E-state index contributed by atoms with van der Waals surface area (Å²) in [5, 5.41) is 2.32. The van der Waals surface area contributed by atoms with Crippen molar-refractivity contribution in [1.29, 1.82) is 0 Å². The average molecular weight is 411 g/mol. The van der Waals surface area contributed by atoms with E-state index in [1.807, 2.05) is 6.92 Å². The summed E-state index contributed by atoms with van der Waals surface area (Å²) in [6, 6.07) is 3.15. The van der Waals surface area contributed by atoms with E-state index in [-0.39, 0.29) is 5.82 Å². The molecule has 0 spiro atoms. The summed E-state index contributed by atoms with van der Waals surface area (Å²) in [4.78, 5) is 36.6. The number of nitrogens with zero attached hydrogens (tertiary/aromatic N) is 4. The first-order valence-electron chi connectivity index (χ1n) is 8.96. The van der Waals surface area contributed by atoms with Crippen molar-refractivity contribution in [2.24, 2.45) is 7.05 Å². The molecule has 3 heterocycles. The monoisotopic (exact) mass is 411 g/mol. The second-order valence-electron chi connectivity index (χ2n) is 6.42. The zero-order valence-corrected chi connectivity index (χ0v) is 15.9. The summed E-state index contributed by atoms with van der Waals surface area (Å²) in [5.74, 6) is -3.43. The van der Waals surface area contributed by atoms with E-state index in [1.165, 1.54) is 23.0 Å². The summed E-state index contributed by atoms with van der Waals surface area (Å²) in [7, 11) is 1.57. The van der Waals surface area contributed by atoms with Crippen LogP contribution in [0, 0.1) is 11.6 Å². The summed E-state index contributed by atoms with van der Waals surface area (Å²) < 4.78 is 34.1. The van der Waals surface area contributed by atoms with E-state index in [2.05, 4.69) is 20.3 Å². The minimum absolute atomic E-state index is 0.0183. The number of aryl methyl sites for hydroxylation is 2. The Balaban J connectivity index is 1.66. The molecule has 0 radical (unpaired) electrons. The number of benzene rings is 1. The zero-order chi connectivity index (χ0) is 21.4. The third-order valence-corrected chi connectivity index (χ3v) is 4.61. The van der Waals surface area contributed by atoms with Gasteiger partial charge in [-0.2, -0.15) is 0 Å². The van der Waals surface area contributed by atoms with Crippen molar-refractivity contribution in [3.63, 3.8) is 0 Å². The molecule has 0 unspecified atom stereocenters. The van der Waals surface area contributed by atoms with Crippen LogP contribution in [0.5, 0.6) is 0 Å². The lowest BCUT2D eigenvalue weighted by atomic mass is 10.0. The predicted octanol–water partition coefficient (Wildman–Crippen LogP) is 3.08. The maximum Gasteiger partial charge on any atom is 0.420 e. The van der Waals surface area contributed by atoms with E-state index in [0.717, 1.165) is 17.7 Å². The van der Waals surface area contributed by atoms with Crippen molar-refractivity contribution in [1.82, 2.24) is 19.5 Å². The van der Waals surface area contributed by atoms with Crippen LogP contribution in [-0.4, -0.2) is 25.4 Å². The first kappa shape index (κ1) is 19.4. The van der Waals surface area contributed by atoms with E-state index in [9.17, 15) is 18.4 Å². The van der Waals surface area contributed by atoms with Gasteiger partial charge in [-0.05, 0) is 18.6 Å². The minimum Gasteiger partial charge on any atom is -0.406 e. The fourth-order valence-corrected chi connectivity index (χ4v) is 3.10. The van der Waals surface area contributed by atoms with Gasteiger partial charge in [-0.25, -0.2) is 23.5 Å². The molecule has 0 aliphatic carbocycles. The van der Waals surface area contributed by atoms with Gasteiger partial charge in [-0.3, -0.25) is 14.3 Å². The van der Waals surface area contributed by atoms with Gasteiger partial charge in [0.2, 0.25) is 0 Å². The van der Waals surface area contributed by atoms with Gasteiger partial charge >= 0.3 is 5.76 Å². The molecule has 10 heteroatoms.